The standard InChI is InChI=1S/C40H29NO2/c1-40(2,3)26-19-21-36-33(23-26)29-11-6-7-16-35(29)41(36)34-17-8-10-24-22-25(18-20-27(24)34)28-14-9-15-32-37(28)39(43)31-13-5-4-12-30(31)38(32)42/h4-23H,1-3H3. The van der Waals surface area contributed by atoms with E-state index in [1.807, 2.05) is 18.2 Å². The molecule has 1 aliphatic carbocycles. The first-order valence-electron chi connectivity index (χ1n) is 14.7. The van der Waals surface area contributed by atoms with Crippen LogP contribution in [0.25, 0.3) is 49.4 Å². The van der Waals surface area contributed by atoms with Crippen LogP contribution in [0, 0.1) is 0 Å². The van der Waals surface area contributed by atoms with E-state index in [0.29, 0.717) is 22.3 Å². The van der Waals surface area contributed by atoms with Gasteiger partial charge in [-0.15, -0.1) is 0 Å². The molecule has 0 saturated carbocycles. The molecule has 7 aromatic rings. The zero-order valence-electron chi connectivity index (χ0n) is 24.3. The molecule has 1 aliphatic rings. The summed E-state index contributed by atoms with van der Waals surface area (Å²) in [5.41, 5.74) is 8.40. The summed E-state index contributed by atoms with van der Waals surface area (Å²) >= 11 is 0. The lowest BCUT2D eigenvalue weighted by atomic mass is 9.80. The number of nitrogens with zero attached hydrogens (tertiary/aromatic N) is 1. The van der Waals surface area contributed by atoms with E-state index in [2.05, 4.69) is 104 Å². The van der Waals surface area contributed by atoms with Gasteiger partial charge in [-0.1, -0.05) is 112 Å². The van der Waals surface area contributed by atoms with Crippen molar-refractivity contribution in [2.45, 2.75) is 26.2 Å². The molecular weight excluding hydrogens is 526 g/mol. The average Bonchev–Trinajstić information content (AvgIpc) is 3.36. The van der Waals surface area contributed by atoms with Gasteiger partial charge < -0.3 is 4.57 Å². The van der Waals surface area contributed by atoms with E-state index >= 15 is 0 Å². The van der Waals surface area contributed by atoms with Crippen molar-refractivity contribution in [3.05, 3.63) is 149 Å². The van der Waals surface area contributed by atoms with Crippen LogP contribution in [0.4, 0.5) is 0 Å². The maximum absolute atomic E-state index is 13.7. The molecule has 0 aliphatic heterocycles. The van der Waals surface area contributed by atoms with Gasteiger partial charge in [-0.3, -0.25) is 9.59 Å². The molecule has 43 heavy (non-hydrogen) atoms. The predicted molar refractivity (Wildman–Crippen MR) is 176 cm³/mol. The number of carbonyl (C=O) groups excluding carboxylic acids is 2. The number of benzene rings is 6. The van der Waals surface area contributed by atoms with Crippen LogP contribution in [0.15, 0.2) is 121 Å². The normalized spacial score (nSPS) is 13.1. The van der Waals surface area contributed by atoms with Crippen molar-refractivity contribution < 1.29 is 9.59 Å². The van der Waals surface area contributed by atoms with Gasteiger partial charge in [0, 0.05) is 38.4 Å². The van der Waals surface area contributed by atoms with Crippen LogP contribution < -0.4 is 0 Å². The van der Waals surface area contributed by atoms with Gasteiger partial charge in [0.1, 0.15) is 0 Å². The van der Waals surface area contributed by atoms with Crippen LogP contribution in [0.1, 0.15) is 58.2 Å². The molecule has 6 aromatic carbocycles. The van der Waals surface area contributed by atoms with Gasteiger partial charge in [0.15, 0.2) is 11.6 Å². The van der Waals surface area contributed by atoms with E-state index in [1.165, 1.54) is 27.4 Å². The summed E-state index contributed by atoms with van der Waals surface area (Å²) in [6, 6.07) is 40.9. The Balaban J connectivity index is 1.33. The molecular formula is C40H29NO2. The number of carbonyl (C=O) groups is 2. The number of hydrogen-bond donors (Lipinski definition) is 0. The predicted octanol–water partition coefficient (Wildman–Crippen LogP) is 9.68. The van der Waals surface area contributed by atoms with Crippen LogP contribution in [0.3, 0.4) is 0 Å². The third-order valence-corrected chi connectivity index (χ3v) is 8.90. The summed E-state index contributed by atoms with van der Waals surface area (Å²) in [5, 5.41) is 4.67. The first-order chi connectivity index (χ1) is 20.8. The molecule has 0 spiro atoms. The van der Waals surface area contributed by atoms with Crippen molar-refractivity contribution in [3.63, 3.8) is 0 Å². The van der Waals surface area contributed by atoms with E-state index in [4.69, 9.17) is 0 Å². The molecule has 0 bridgehead atoms. The highest BCUT2D eigenvalue weighted by Crippen LogP contribution is 2.39. The number of fused-ring (bicyclic) bond motifs is 6. The van der Waals surface area contributed by atoms with E-state index < -0.39 is 0 Å². The van der Waals surface area contributed by atoms with Crippen molar-refractivity contribution >= 4 is 44.1 Å². The van der Waals surface area contributed by atoms with Gasteiger partial charge in [0.05, 0.1) is 16.7 Å². The second-order valence-electron chi connectivity index (χ2n) is 12.5. The molecule has 0 fully saturated rings. The quantitative estimate of drug-likeness (QED) is 0.213. The fraction of sp³-hybridized carbons (Fsp3) is 0.100. The number of hydrogen-bond acceptors (Lipinski definition) is 2. The molecule has 8 rings (SSSR count). The minimum absolute atomic E-state index is 0.0535. The van der Waals surface area contributed by atoms with Crippen molar-refractivity contribution in [3.8, 4) is 16.8 Å². The van der Waals surface area contributed by atoms with E-state index in [0.717, 1.165) is 27.6 Å². The highest BCUT2D eigenvalue weighted by atomic mass is 16.1. The third-order valence-electron chi connectivity index (χ3n) is 8.90. The Bertz CT molecular complexity index is 2310. The number of para-hydroxylation sites is 1. The molecule has 0 amide bonds. The van der Waals surface area contributed by atoms with Gasteiger partial charge in [0.25, 0.3) is 0 Å². The molecule has 0 unspecified atom stereocenters. The van der Waals surface area contributed by atoms with Crippen molar-refractivity contribution in [1.29, 1.82) is 0 Å². The van der Waals surface area contributed by atoms with Crippen LogP contribution >= 0.6 is 0 Å². The molecule has 1 aromatic heterocycles. The topological polar surface area (TPSA) is 39.1 Å². The van der Waals surface area contributed by atoms with Crippen molar-refractivity contribution in [2.24, 2.45) is 0 Å². The lowest BCUT2D eigenvalue weighted by Crippen LogP contribution is -2.21. The summed E-state index contributed by atoms with van der Waals surface area (Å²) in [5.74, 6) is -0.203. The molecule has 3 nitrogen and oxygen atoms in total. The lowest BCUT2D eigenvalue weighted by molar-refractivity contribution is 0.0979. The Kier molecular flexibility index (Phi) is 5.39. The average molecular weight is 556 g/mol. The molecule has 0 atom stereocenters. The fourth-order valence-electron chi connectivity index (χ4n) is 6.71. The minimum atomic E-state index is -0.102. The van der Waals surface area contributed by atoms with Gasteiger partial charge in [0.2, 0.25) is 0 Å². The second kappa shape index (κ2) is 9.11. The Hall–Kier alpha value is -5.28. The lowest BCUT2D eigenvalue weighted by Gasteiger charge is -2.20. The highest BCUT2D eigenvalue weighted by molar-refractivity contribution is 6.30. The Labute approximate surface area is 250 Å². The van der Waals surface area contributed by atoms with Crippen LogP contribution in [0.2, 0.25) is 0 Å². The monoisotopic (exact) mass is 555 g/mol. The Morgan fingerprint density at radius 1 is 0.512 bits per heavy atom. The Morgan fingerprint density at radius 3 is 2.00 bits per heavy atom. The maximum atomic E-state index is 13.7. The summed E-state index contributed by atoms with van der Waals surface area (Å²) in [6.07, 6.45) is 0. The minimum Gasteiger partial charge on any atom is -0.309 e. The summed E-state index contributed by atoms with van der Waals surface area (Å²) < 4.78 is 2.36. The van der Waals surface area contributed by atoms with Crippen LogP contribution in [-0.2, 0) is 5.41 Å². The molecule has 1 heterocycles. The zero-order chi connectivity index (χ0) is 29.5. The summed E-state index contributed by atoms with van der Waals surface area (Å²) in [4.78, 5) is 27.1. The molecule has 206 valence electrons. The maximum Gasteiger partial charge on any atom is 0.195 e. The van der Waals surface area contributed by atoms with E-state index in [9.17, 15) is 9.59 Å². The number of aromatic nitrogens is 1. The van der Waals surface area contributed by atoms with Crippen LogP contribution in [0.5, 0.6) is 0 Å². The van der Waals surface area contributed by atoms with Gasteiger partial charge in [-0.25, -0.2) is 0 Å². The van der Waals surface area contributed by atoms with Gasteiger partial charge >= 0.3 is 0 Å². The van der Waals surface area contributed by atoms with E-state index in [1.54, 1.807) is 24.3 Å². The van der Waals surface area contributed by atoms with Gasteiger partial charge in [-0.2, -0.15) is 0 Å². The molecule has 0 radical (unpaired) electrons. The molecule has 3 heteroatoms. The van der Waals surface area contributed by atoms with Gasteiger partial charge in [-0.05, 0) is 57.8 Å². The summed E-state index contributed by atoms with van der Waals surface area (Å²) in [7, 11) is 0. The number of ketones is 2. The first kappa shape index (κ1) is 25.4. The third kappa shape index (κ3) is 3.74. The largest absolute Gasteiger partial charge is 0.309 e. The van der Waals surface area contributed by atoms with Crippen LogP contribution in [-0.4, -0.2) is 16.1 Å². The number of rotatable bonds is 2. The zero-order valence-corrected chi connectivity index (χ0v) is 24.3. The Morgan fingerprint density at radius 2 is 1.19 bits per heavy atom. The highest BCUT2D eigenvalue weighted by Gasteiger charge is 2.31. The first-order valence-corrected chi connectivity index (χ1v) is 14.7. The second-order valence-corrected chi connectivity index (χ2v) is 12.5. The SMILES string of the molecule is CC(C)(C)c1ccc2c(c1)c1ccccc1n2-c1cccc2cc(-c3cccc4c3C(=O)c3ccccc3C4=O)ccc12. The fourth-order valence-corrected chi connectivity index (χ4v) is 6.71. The van der Waals surface area contributed by atoms with Crippen molar-refractivity contribution in [1.82, 2.24) is 4.57 Å². The van der Waals surface area contributed by atoms with E-state index in [-0.39, 0.29) is 17.0 Å². The smallest absolute Gasteiger partial charge is 0.195 e. The summed E-state index contributed by atoms with van der Waals surface area (Å²) in [6.45, 7) is 6.76. The molecule has 0 saturated heterocycles. The van der Waals surface area contributed by atoms with Crippen molar-refractivity contribution in [2.75, 3.05) is 0 Å². The molecule has 0 N–H and O–H groups in total.